The number of guanidine groups is 1. The second-order valence-electron chi connectivity index (χ2n) is 5.34. The van der Waals surface area contributed by atoms with E-state index in [-0.39, 0.29) is 5.91 Å². The summed E-state index contributed by atoms with van der Waals surface area (Å²) in [5.74, 6) is 0.992. The zero-order valence-electron chi connectivity index (χ0n) is 11.5. The summed E-state index contributed by atoms with van der Waals surface area (Å²) in [5, 5.41) is 6.06. The van der Waals surface area contributed by atoms with Crippen molar-refractivity contribution in [3.05, 3.63) is 0 Å². The van der Waals surface area contributed by atoms with Crippen molar-refractivity contribution < 1.29 is 4.79 Å². The monoisotopic (exact) mass is 254 g/mol. The molecule has 1 rings (SSSR count). The summed E-state index contributed by atoms with van der Waals surface area (Å²) in [4.78, 5) is 15.6. The van der Waals surface area contributed by atoms with Gasteiger partial charge in [-0.25, -0.2) is 0 Å². The van der Waals surface area contributed by atoms with Crippen LogP contribution < -0.4 is 16.4 Å². The molecule has 104 valence electrons. The number of hydrogen-bond acceptors (Lipinski definition) is 2. The average molecular weight is 254 g/mol. The maximum absolute atomic E-state index is 11.4. The molecule has 0 aliphatic heterocycles. The Balaban J connectivity index is 2.12. The number of aliphatic imine (C=N–C) groups is 1. The van der Waals surface area contributed by atoms with Crippen molar-refractivity contribution >= 4 is 11.9 Å². The highest BCUT2D eigenvalue weighted by molar-refractivity contribution is 5.79. The fourth-order valence-corrected chi connectivity index (χ4v) is 2.01. The van der Waals surface area contributed by atoms with Gasteiger partial charge in [-0.2, -0.15) is 0 Å². The number of rotatable bonds is 6. The lowest BCUT2D eigenvalue weighted by atomic mass is 10.2. The summed E-state index contributed by atoms with van der Waals surface area (Å²) in [7, 11) is 0. The van der Waals surface area contributed by atoms with E-state index < -0.39 is 0 Å². The van der Waals surface area contributed by atoms with Gasteiger partial charge in [-0.1, -0.05) is 26.7 Å². The first-order valence-corrected chi connectivity index (χ1v) is 6.91. The Bertz CT molecular complexity index is 283. The number of nitrogens with zero attached hydrogens (tertiary/aromatic N) is 1. The first kappa shape index (κ1) is 14.8. The van der Waals surface area contributed by atoms with Gasteiger partial charge in [0, 0.05) is 19.0 Å². The van der Waals surface area contributed by atoms with E-state index in [0.717, 1.165) is 6.54 Å². The fourth-order valence-electron chi connectivity index (χ4n) is 2.01. The highest BCUT2D eigenvalue weighted by Crippen LogP contribution is 2.17. The number of hydrogen-bond donors (Lipinski definition) is 3. The Labute approximate surface area is 110 Å². The summed E-state index contributed by atoms with van der Waals surface area (Å²) in [6, 6.07) is 0.475. The average Bonchev–Trinajstić information content (AvgIpc) is 2.79. The van der Waals surface area contributed by atoms with E-state index in [1.807, 2.05) is 0 Å². The summed E-state index contributed by atoms with van der Waals surface area (Å²) in [5.41, 5.74) is 5.77. The van der Waals surface area contributed by atoms with E-state index in [1.165, 1.54) is 25.7 Å². The van der Waals surface area contributed by atoms with E-state index >= 15 is 0 Å². The lowest BCUT2D eigenvalue weighted by molar-refractivity contribution is -0.121. The first-order chi connectivity index (χ1) is 8.58. The van der Waals surface area contributed by atoms with Crippen LogP contribution in [0, 0.1) is 5.92 Å². The van der Waals surface area contributed by atoms with Gasteiger partial charge in [-0.05, 0) is 18.8 Å². The van der Waals surface area contributed by atoms with E-state index in [1.54, 1.807) is 0 Å². The molecule has 1 saturated carbocycles. The van der Waals surface area contributed by atoms with E-state index in [4.69, 9.17) is 5.73 Å². The summed E-state index contributed by atoms with van der Waals surface area (Å²) >= 11 is 0. The smallest absolute Gasteiger partial charge is 0.221 e. The number of nitrogens with one attached hydrogen (secondary N) is 2. The van der Waals surface area contributed by atoms with Crippen molar-refractivity contribution in [3.63, 3.8) is 0 Å². The van der Waals surface area contributed by atoms with Crippen LogP contribution >= 0.6 is 0 Å². The van der Waals surface area contributed by atoms with Crippen LogP contribution in [-0.4, -0.2) is 31.0 Å². The van der Waals surface area contributed by atoms with E-state index in [2.05, 4.69) is 29.5 Å². The standard InChI is InChI=1S/C13H26N4O/c1-10(2)9-16-12(18)7-8-15-13(14)17-11-5-3-4-6-11/h10-11H,3-9H2,1-2H3,(H,16,18)(H3,14,15,17). The van der Waals surface area contributed by atoms with Crippen LogP contribution in [0.3, 0.4) is 0 Å². The predicted molar refractivity (Wildman–Crippen MR) is 74.3 cm³/mol. The molecular weight excluding hydrogens is 228 g/mol. The van der Waals surface area contributed by atoms with Crippen molar-refractivity contribution in [2.75, 3.05) is 13.1 Å². The second-order valence-corrected chi connectivity index (χ2v) is 5.34. The van der Waals surface area contributed by atoms with Gasteiger partial charge in [0.25, 0.3) is 0 Å². The van der Waals surface area contributed by atoms with Crippen LogP contribution in [0.2, 0.25) is 0 Å². The number of carbonyl (C=O) groups is 1. The summed E-state index contributed by atoms with van der Waals surface area (Å²) in [6.07, 6.45) is 5.28. The topological polar surface area (TPSA) is 79.5 Å². The van der Waals surface area contributed by atoms with E-state index in [0.29, 0.717) is 30.9 Å². The summed E-state index contributed by atoms with van der Waals surface area (Å²) < 4.78 is 0. The largest absolute Gasteiger partial charge is 0.370 e. The molecule has 0 atom stereocenters. The molecule has 5 nitrogen and oxygen atoms in total. The quantitative estimate of drug-likeness (QED) is 0.488. The normalized spacial score (nSPS) is 17.2. The minimum absolute atomic E-state index is 0.0427. The van der Waals surface area contributed by atoms with Crippen LogP contribution in [-0.2, 0) is 4.79 Å². The number of nitrogens with two attached hydrogens (primary N) is 1. The SMILES string of the molecule is CC(C)CNC(=O)CCN=C(N)NC1CCCC1. The van der Waals surface area contributed by atoms with Crippen molar-refractivity contribution in [3.8, 4) is 0 Å². The third-order valence-corrected chi connectivity index (χ3v) is 3.04. The number of amides is 1. The molecular formula is C13H26N4O. The summed E-state index contributed by atoms with van der Waals surface area (Å²) in [6.45, 7) is 5.32. The fraction of sp³-hybridized carbons (Fsp3) is 0.846. The van der Waals surface area contributed by atoms with Gasteiger partial charge in [-0.15, -0.1) is 0 Å². The maximum atomic E-state index is 11.4. The van der Waals surface area contributed by atoms with Gasteiger partial charge in [0.2, 0.25) is 5.91 Å². The van der Waals surface area contributed by atoms with Crippen LogP contribution in [0.1, 0.15) is 46.0 Å². The molecule has 0 aromatic rings. The van der Waals surface area contributed by atoms with Crippen molar-refractivity contribution in [2.45, 2.75) is 52.0 Å². The van der Waals surface area contributed by atoms with Crippen LogP contribution in [0.4, 0.5) is 0 Å². The first-order valence-electron chi connectivity index (χ1n) is 6.91. The number of carbonyl (C=O) groups excluding carboxylic acids is 1. The molecule has 0 saturated heterocycles. The highest BCUT2D eigenvalue weighted by Gasteiger charge is 2.14. The molecule has 1 fully saturated rings. The molecule has 4 N–H and O–H groups in total. The zero-order valence-corrected chi connectivity index (χ0v) is 11.5. The highest BCUT2D eigenvalue weighted by atomic mass is 16.1. The maximum Gasteiger partial charge on any atom is 0.221 e. The predicted octanol–water partition coefficient (Wildman–Crippen LogP) is 0.996. The zero-order chi connectivity index (χ0) is 13.4. The Hall–Kier alpha value is -1.26. The van der Waals surface area contributed by atoms with Gasteiger partial charge in [0.05, 0.1) is 6.54 Å². The minimum Gasteiger partial charge on any atom is -0.370 e. The van der Waals surface area contributed by atoms with Crippen molar-refractivity contribution in [1.29, 1.82) is 0 Å². The van der Waals surface area contributed by atoms with Gasteiger partial charge >= 0.3 is 0 Å². The Morgan fingerprint density at radius 1 is 1.39 bits per heavy atom. The Kier molecular flexibility index (Phi) is 6.54. The van der Waals surface area contributed by atoms with Crippen molar-refractivity contribution in [1.82, 2.24) is 10.6 Å². The molecule has 0 radical (unpaired) electrons. The Morgan fingerprint density at radius 3 is 2.67 bits per heavy atom. The molecule has 1 aliphatic rings. The van der Waals surface area contributed by atoms with Gasteiger partial charge in [0.15, 0.2) is 5.96 Å². The van der Waals surface area contributed by atoms with Gasteiger partial charge in [0.1, 0.15) is 0 Å². The molecule has 18 heavy (non-hydrogen) atoms. The van der Waals surface area contributed by atoms with Crippen LogP contribution in [0.25, 0.3) is 0 Å². The van der Waals surface area contributed by atoms with Crippen molar-refractivity contribution in [2.24, 2.45) is 16.6 Å². The molecule has 0 heterocycles. The second kappa shape index (κ2) is 7.95. The molecule has 5 heteroatoms. The Morgan fingerprint density at radius 2 is 2.06 bits per heavy atom. The molecule has 0 aromatic carbocycles. The molecule has 1 amide bonds. The van der Waals surface area contributed by atoms with Gasteiger partial charge < -0.3 is 16.4 Å². The molecule has 0 aromatic heterocycles. The minimum atomic E-state index is 0.0427. The van der Waals surface area contributed by atoms with Crippen LogP contribution in [0.5, 0.6) is 0 Å². The van der Waals surface area contributed by atoms with E-state index in [9.17, 15) is 4.79 Å². The lowest BCUT2D eigenvalue weighted by Gasteiger charge is -2.12. The molecule has 0 spiro atoms. The molecule has 0 bridgehead atoms. The third-order valence-electron chi connectivity index (χ3n) is 3.04. The van der Waals surface area contributed by atoms with Gasteiger partial charge in [-0.3, -0.25) is 9.79 Å². The molecule has 1 aliphatic carbocycles. The third kappa shape index (κ3) is 6.47. The van der Waals surface area contributed by atoms with Crippen LogP contribution in [0.15, 0.2) is 4.99 Å². The molecule has 0 unspecified atom stereocenters. The lowest BCUT2D eigenvalue weighted by Crippen LogP contribution is -2.38.